The van der Waals surface area contributed by atoms with Crippen molar-refractivity contribution < 1.29 is 18.3 Å². The molecular weight excluding hydrogens is 352 g/mol. The molecule has 0 unspecified atom stereocenters. The number of halogens is 1. The molecule has 0 bridgehead atoms. The van der Waals surface area contributed by atoms with Crippen molar-refractivity contribution in [1.29, 1.82) is 0 Å². The van der Waals surface area contributed by atoms with Crippen LogP contribution in [0.25, 0.3) is 0 Å². The van der Waals surface area contributed by atoms with Crippen LogP contribution in [0.2, 0.25) is 5.02 Å². The fraction of sp³-hybridized carbons (Fsp3) is 0.625. The van der Waals surface area contributed by atoms with Crippen LogP contribution in [0.4, 0.5) is 0 Å². The van der Waals surface area contributed by atoms with Crippen molar-refractivity contribution in [2.75, 3.05) is 50.8 Å². The van der Waals surface area contributed by atoms with Gasteiger partial charge in [-0.05, 0) is 24.3 Å². The first-order valence-electron chi connectivity index (χ1n) is 8.16. The zero-order valence-corrected chi connectivity index (χ0v) is 15.0. The molecule has 6 nitrogen and oxygen atoms in total. The van der Waals surface area contributed by atoms with Crippen molar-refractivity contribution in [2.24, 2.45) is 0 Å². The van der Waals surface area contributed by atoms with Gasteiger partial charge in [-0.15, -0.1) is 0 Å². The van der Waals surface area contributed by atoms with Gasteiger partial charge in [0.2, 0.25) is 0 Å². The van der Waals surface area contributed by atoms with E-state index in [1.807, 2.05) is 12.1 Å². The minimum Gasteiger partial charge on any atom is -0.492 e. The predicted molar refractivity (Wildman–Crippen MR) is 93.4 cm³/mol. The van der Waals surface area contributed by atoms with E-state index in [0.29, 0.717) is 11.6 Å². The van der Waals surface area contributed by atoms with Gasteiger partial charge in [0.1, 0.15) is 12.4 Å². The first-order valence-corrected chi connectivity index (χ1v) is 10.4. The van der Waals surface area contributed by atoms with E-state index in [4.69, 9.17) is 16.3 Å². The van der Waals surface area contributed by atoms with E-state index in [1.54, 1.807) is 12.1 Å². The zero-order chi connectivity index (χ0) is 17.2. The van der Waals surface area contributed by atoms with E-state index >= 15 is 0 Å². The Morgan fingerprint density at radius 1 is 1.12 bits per heavy atom. The fourth-order valence-corrected chi connectivity index (χ4v) is 5.26. The predicted octanol–water partition coefficient (Wildman–Crippen LogP) is 0.494. The van der Waals surface area contributed by atoms with Crippen LogP contribution in [0.1, 0.15) is 0 Å². The Labute approximate surface area is 147 Å². The number of benzene rings is 1. The summed E-state index contributed by atoms with van der Waals surface area (Å²) in [6.07, 6.45) is -0.755. The molecular formula is C16H23ClN2O4S. The van der Waals surface area contributed by atoms with Gasteiger partial charge in [-0.1, -0.05) is 11.6 Å². The van der Waals surface area contributed by atoms with E-state index in [9.17, 15) is 13.5 Å². The van der Waals surface area contributed by atoms with Gasteiger partial charge in [0.15, 0.2) is 9.84 Å². The van der Waals surface area contributed by atoms with Crippen LogP contribution in [-0.4, -0.2) is 86.3 Å². The van der Waals surface area contributed by atoms with E-state index in [1.165, 1.54) is 0 Å². The van der Waals surface area contributed by atoms with E-state index in [0.717, 1.165) is 38.5 Å². The van der Waals surface area contributed by atoms with Crippen LogP contribution in [0.5, 0.6) is 5.75 Å². The van der Waals surface area contributed by atoms with Gasteiger partial charge in [0, 0.05) is 37.7 Å². The minimum absolute atomic E-state index is 0.0772. The zero-order valence-electron chi connectivity index (χ0n) is 13.5. The average molecular weight is 375 g/mol. The Morgan fingerprint density at radius 3 is 2.38 bits per heavy atom. The highest BCUT2D eigenvalue weighted by Crippen LogP contribution is 2.20. The Morgan fingerprint density at radius 2 is 1.79 bits per heavy atom. The SMILES string of the molecule is O=S1(=O)C[C@H](O)[C@@H](N2CCN(CCOc3ccc(Cl)cc3)CC2)C1. The van der Waals surface area contributed by atoms with Gasteiger partial charge < -0.3 is 9.84 Å². The summed E-state index contributed by atoms with van der Waals surface area (Å²) in [5.74, 6) is 0.776. The number of ether oxygens (including phenoxy) is 1. The highest BCUT2D eigenvalue weighted by atomic mass is 35.5. The third kappa shape index (κ3) is 4.61. The van der Waals surface area contributed by atoms with E-state index in [2.05, 4.69) is 9.80 Å². The molecule has 2 heterocycles. The maximum absolute atomic E-state index is 11.6. The summed E-state index contributed by atoms with van der Waals surface area (Å²) in [5.41, 5.74) is 0. The second kappa shape index (κ2) is 7.58. The summed E-state index contributed by atoms with van der Waals surface area (Å²) in [6.45, 7) is 4.68. The molecule has 1 aromatic carbocycles. The van der Waals surface area contributed by atoms with Gasteiger partial charge in [-0.25, -0.2) is 8.42 Å². The van der Waals surface area contributed by atoms with Crippen LogP contribution in [-0.2, 0) is 9.84 Å². The lowest BCUT2D eigenvalue weighted by atomic mass is 10.1. The maximum Gasteiger partial charge on any atom is 0.154 e. The molecule has 134 valence electrons. The molecule has 0 spiro atoms. The number of hydrogen-bond donors (Lipinski definition) is 1. The van der Waals surface area contributed by atoms with Crippen molar-refractivity contribution in [1.82, 2.24) is 9.80 Å². The Balaban J connectivity index is 1.40. The first-order chi connectivity index (χ1) is 11.4. The monoisotopic (exact) mass is 374 g/mol. The standard InChI is InChI=1S/C16H23ClN2O4S/c17-13-1-3-14(4-2-13)23-10-9-18-5-7-19(8-6-18)15-11-24(21,22)12-16(15)20/h1-4,15-16,20H,5-12H2/t15-,16-/m0/s1. The lowest BCUT2D eigenvalue weighted by Crippen LogP contribution is -2.54. The maximum atomic E-state index is 11.6. The van der Waals surface area contributed by atoms with E-state index in [-0.39, 0.29) is 17.5 Å². The molecule has 2 aliphatic heterocycles. The molecule has 2 saturated heterocycles. The van der Waals surface area contributed by atoms with Gasteiger partial charge in [0.25, 0.3) is 0 Å². The molecule has 2 fully saturated rings. The Bertz CT molecular complexity index is 645. The Kier molecular flexibility index (Phi) is 5.66. The molecule has 3 rings (SSSR count). The number of aliphatic hydroxyl groups excluding tert-OH is 1. The summed E-state index contributed by atoms with van der Waals surface area (Å²) in [4.78, 5) is 4.40. The normalized spacial score (nSPS) is 28.1. The lowest BCUT2D eigenvalue weighted by molar-refractivity contribution is 0.0410. The van der Waals surface area contributed by atoms with Crippen LogP contribution in [0, 0.1) is 0 Å². The quantitative estimate of drug-likeness (QED) is 0.809. The summed E-state index contributed by atoms with van der Waals surface area (Å²) >= 11 is 5.84. The van der Waals surface area contributed by atoms with Crippen LogP contribution >= 0.6 is 11.6 Å². The van der Waals surface area contributed by atoms with Crippen molar-refractivity contribution >= 4 is 21.4 Å². The van der Waals surface area contributed by atoms with Crippen LogP contribution in [0.3, 0.4) is 0 Å². The van der Waals surface area contributed by atoms with Crippen molar-refractivity contribution in [3.63, 3.8) is 0 Å². The number of hydrogen-bond acceptors (Lipinski definition) is 6. The average Bonchev–Trinajstić information content (AvgIpc) is 2.83. The van der Waals surface area contributed by atoms with Crippen LogP contribution in [0.15, 0.2) is 24.3 Å². The van der Waals surface area contributed by atoms with Crippen LogP contribution < -0.4 is 4.74 Å². The lowest BCUT2D eigenvalue weighted by Gasteiger charge is -2.38. The van der Waals surface area contributed by atoms with Gasteiger partial charge in [0.05, 0.1) is 23.7 Å². The Hall–Kier alpha value is -0.860. The van der Waals surface area contributed by atoms with Crippen molar-refractivity contribution in [2.45, 2.75) is 12.1 Å². The van der Waals surface area contributed by atoms with Crippen molar-refractivity contribution in [3.8, 4) is 5.75 Å². The smallest absolute Gasteiger partial charge is 0.154 e. The third-order valence-electron chi connectivity index (χ3n) is 4.66. The summed E-state index contributed by atoms with van der Waals surface area (Å²) < 4.78 is 29.0. The molecule has 0 amide bonds. The molecule has 2 aliphatic rings. The minimum atomic E-state index is -3.09. The molecule has 0 saturated carbocycles. The number of sulfone groups is 1. The largest absolute Gasteiger partial charge is 0.492 e. The second-order valence-electron chi connectivity index (χ2n) is 6.39. The number of piperazine rings is 1. The molecule has 0 radical (unpaired) electrons. The first kappa shape index (κ1) is 17.9. The molecule has 0 aliphatic carbocycles. The summed E-state index contributed by atoms with van der Waals surface area (Å²) in [7, 11) is -3.09. The number of nitrogens with zero attached hydrogens (tertiary/aromatic N) is 2. The molecule has 24 heavy (non-hydrogen) atoms. The highest BCUT2D eigenvalue weighted by Gasteiger charge is 2.40. The molecule has 8 heteroatoms. The molecule has 1 N–H and O–H groups in total. The summed E-state index contributed by atoms with van der Waals surface area (Å²) in [6, 6.07) is 7.06. The third-order valence-corrected chi connectivity index (χ3v) is 6.61. The van der Waals surface area contributed by atoms with Gasteiger partial charge in [-0.2, -0.15) is 0 Å². The van der Waals surface area contributed by atoms with Gasteiger partial charge >= 0.3 is 0 Å². The van der Waals surface area contributed by atoms with E-state index < -0.39 is 15.9 Å². The topological polar surface area (TPSA) is 70.1 Å². The highest BCUT2D eigenvalue weighted by molar-refractivity contribution is 7.91. The van der Waals surface area contributed by atoms with Gasteiger partial charge in [-0.3, -0.25) is 9.80 Å². The summed E-state index contributed by atoms with van der Waals surface area (Å²) in [5, 5.41) is 10.7. The fourth-order valence-electron chi connectivity index (χ4n) is 3.30. The second-order valence-corrected chi connectivity index (χ2v) is 8.98. The molecule has 2 atom stereocenters. The van der Waals surface area contributed by atoms with Crippen molar-refractivity contribution in [3.05, 3.63) is 29.3 Å². The number of rotatable bonds is 5. The number of aliphatic hydroxyl groups is 1. The molecule has 1 aromatic rings. The molecule has 0 aromatic heterocycles.